The van der Waals surface area contributed by atoms with E-state index in [9.17, 15) is 0 Å². The van der Waals surface area contributed by atoms with Crippen LogP contribution in [0.15, 0.2) is 24.5 Å². The fourth-order valence-corrected chi connectivity index (χ4v) is 2.00. The third-order valence-corrected chi connectivity index (χ3v) is 2.72. The van der Waals surface area contributed by atoms with Crippen molar-refractivity contribution in [1.29, 1.82) is 0 Å². The summed E-state index contributed by atoms with van der Waals surface area (Å²) in [7, 11) is 0. The molecule has 0 spiro atoms. The molecular weight excluding hydrogens is 198 g/mol. The molecule has 0 atom stereocenters. The second-order valence-corrected chi connectivity index (χ2v) is 5.11. The van der Waals surface area contributed by atoms with Crippen molar-refractivity contribution in [3.8, 4) is 11.4 Å². The molecule has 3 nitrogen and oxygen atoms in total. The zero-order valence-electron chi connectivity index (χ0n) is 10.2. The van der Waals surface area contributed by atoms with Crippen molar-refractivity contribution in [2.24, 2.45) is 0 Å². The monoisotopic (exact) mass is 215 g/mol. The predicted molar refractivity (Wildman–Crippen MR) is 65.3 cm³/mol. The van der Waals surface area contributed by atoms with E-state index in [1.54, 1.807) is 0 Å². The van der Waals surface area contributed by atoms with Crippen molar-refractivity contribution in [1.82, 2.24) is 15.2 Å². The lowest BCUT2D eigenvalue weighted by Crippen LogP contribution is -2.12. The lowest BCUT2D eigenvalue weighted by Gasteiger charge is -2.21. The van der Waals surface area contributed by atoms with Crippen LogP contribution < -0.4 is 0 Å². The summed E-state index contributed by atoms with van der Waals surface area (Å²) >= 11 is 0. The number of benzene rings is 1. The van der Waals surface area contributed by atoms with Gasteiger partial charge in [0.2, 0.25) is 0 Å². The highest BCUT2D eigenvalue weighted by molar-refractivity contribution is 5.57. The Morgan fingerprint density at radius 2 is 1.94 bits per heavy atom. The first kappa shape index (κ1) is 10.9. The summed E-state index contributed by atoms with van der Waals surface area (Å²) in [4.78, 5) is 4.15. The summed E-state index contributed by atoms with van der Waals surface area (Å²) in [5.74, 6) is 0.823. The van der Waals surface area contributed by atoms with E-state index in [4.69, 9.17) is 0 Å². The fraction of sp³-hybridized carbons (Fsp3) is 0.385. The molecular formula is C13H17N3. The molecule has 0 saturated heterocycles. The van der Waals surface area contributed by atoms with Gasteiger partial charge in [0.25, 0.3) is 0 Å². The van der Waals surface area contributed by atoms with E-state index in [1.165, 1.54) is 17.5 Å². The number of aromatic nitrogens is 3. The average Bonchev–Trinajstić information content (AvgIpc) is 2.68. The van der Waals surface area contributed by atoms with Gasteiger partial charge in [0.1, 0.15) is 6.33 Å². The van der Waals surface area contributed by atoms with Crippen LogP contribution in [0.2, 0.25) is 0 Å². The van der Waals surface area contributed by atoms with Gasteiger partial charge in [-0.1, -0.05) is 32.9 Å². The smallest absolute Gasteiger partial charge is 0.155 e. The van der Waals surface area contributed by atoms with Gasteiger partial charge in [0, 0.05) is 5.56 Å². The van der Waals surface area contributed by atoms with Gasteiger partial charge in [0.05, 0.1) is 0 Å². The van der Waals surface area contributed by atoms with E-state index >= 15 is 0 Å². The van der Waals surface area contributed by atoms with Gasteiger partial charge < -0.3 is 0 Å². The van der Waals surface area contributed by atoms with Crippen LogP contribution in [-0.2, 0) is 5.41 Å². The summed E-state index contributed by atoms with van der Waals surface area (Å²) in [6.45, 7) is 8.82. The molecule has 16 heavy (non-hydrogen) atoms. The van der Waals surface area contributed by atoms with E-state index in [1.807, 2.05) is 0 Å². The lowest BCUT2D eigenvalue weighted by molar-refractivity contribution is 0.586. The maximum Gasteiger partial charge on any atom is 0.155 e. The van der Waals surface area contributed by atoms with Crippen LogP contribution in [0.25, 0.3) is 11.4 Å². The van der Waals surface area contributed by atoms with Crippen LogP contribution in [0.1, 0.15) is 31.9 Å². The summed E-state index contributed by atoms with van der Waals surface area (Å²) < 4.78 is 0. The highest BCUT2D eigenvalue weighted by atomic mass is 15.2. The van der Waals surface area contributed by atoms with Gasteiger partial charge in [-0.2, -0.15) is 5.10 Å². The third-order valence-electron chi connectivity index (χ3n) is 2.72. The van der Waals surface area contributed by atoms with Gasteiger partial charge in [-0.3, -0.25) is 5.10 Å². The Balaban J connectivity index is 2.45. The molecule has 0 aliphatic heterocycles. The van der Waals surface area contributed by atoms with Crippen LogP contribution in [0, 0.1) is 6.92 Å². The van der Waals surface area contributed by atoms with Gasteiger partial charge in [0.15, 0.2) is 5.82 Å². The number of nitrogens with one attached hydrogen (secondary N) is 1. The Bertz CT molecular complexity index is 478. The molecule has 1 N–H and O–H groups in total. The molecule has 0 unspecified atom stereocenters. The number of hydrogen-bond donors (Lipinski definition) is 1. The zero-order valence-corrected chi connectivity index (χ0v) is 10.2. The first-order chi connectivity index (χ1) is 7.48. The Labute approximate surface area is 95.9 Å². The molecule has 0 amide bonds. The zero-order chi connectivity index (χ0) is 11.8. The van der Waals surface area contributed by atoms with Crippen molar-refractivity contribution < 1.29 is 0 Å². The van der Waals surface area contributed by atoms with Crippen molar-refractivity contribution in [3.05, 3.63) is 35.7 Å². The molecule has 0 aliphatic rings. The van der Waals surface area contributed by atoms with E-state index in [0.29, 0.717) is 0 Å². The summed E-state index contributed by atoms with van der Waals surface area (Å²) in [5.41, 5.74) is 3.93. The second-order valence-electron chi connectivity index (χ2n) is 5.11. The topological polar surface area (TPSA) is 41.6 Å². The summed E-state index contributed by atoms with van der Waals surface area (Å²) in [6, 6.07) is 6.42. The largest absolute Gasteiger partial charge is 0.259 e. The Hall–Kier alpha value is -1.64. The molecule has 1 aromatic heterocycles. The highest BCUT2D eigenvalue weighted by Crippen LogP contribution is 2.28. The Kier molecular flexibility index (Phi) is 2.54. The van der Waals surface area contributed by atoms with E-state index in [2.05, 4.69) is 61.1 Å². The molecule has 1 heterocycles. The SMILES string of the molecule is Cc1cc(-c2ncn[nH]2)ccc1C(C)(C)C. The molecule has 0 radical (unpaired) electrons. The highest BCUT2D eigenvalue weighted by Gasteiger charge is 2.16. The minimum atomic E-state index is 0.185. The van der Waals surface area contributed by atoms with Crippen LogP contribution in [0.5, 0.6) is 0 Å². The number of aromatic amines is 1. The summed E-state index contributed by atoms with van der Waals surface area (Å²) in [6.07, 6.45) is 1.53. The number of rotatable bonds is 1. The molecule has 2 aromatic rings. The summed E-state index contributed by atoms with van der Waals surface area (Å²) in [5, 5.41) is 6.74. The molecule has 0 aliphatic carbocycles. The normalized spacial score (nSPS) is 11.8. The van der Waals surface area contributed by atoms with Crippen LogP contribution in [-0.4, -0.2) is 15.2 Å². The Morgan fingerprint density at radius 1 is 1.19 bits per heavy atom. The molecule has 0 fully saturated rings. The molecule has 0 saturated carbocycles. The Morgan fingerprint density at radius 3 is 2.44 bits per heavy atom. The first-order valence-corrected chi connectivity index (χ1v) is 5.45. The minimum absolute atomic E-state index is 0.185. The lowest BCUT2D eigenvalue weighted by atomic mass is 9.83. The van der Waals surface area contributed by atoms with E-state index in [0.717, 1.165) is 11.4 Å². The van der Waals surface area contributed by atoms with Crippen LogP contribution >= 0.6 is 0 Å². The fourth-order valence-electron chi connectivity index (χ4n) is 2.00. The third kappa shape index (κ3) is 1.98. The van der Waals surface area contributed by atoms with Crippen molar-refractivity contribution >= 4 is 0 Å². The average molecular weight is 215 g/mol. The maximum atomic E-state index is 4.15. The van der Waals surface area contributed by atoms with Crippen LogP contribution in [0.3, 0.4) is 0 Å². The quantitative estimate of drug-likeness (QED) is 0.794. The van der Waals surface area contributed by atoms with Crippen LogP contribution in [0.4, 0.5) is 0 Å². The molecule has 84 valence electrons. The minimum Gasteiger partial charge on any atom is -0.259 e. The predicted octanol–water partition coefficient (Wildman–Crippen LogP) is 3.08. The number of aryl methyl sites for hydroxylation is 1. The second kappa shape index (κ2) is 3.74. The van der Waals surface area contributed by atoms with E-state index in [-0.39, 0.29) is 5.41 Å². The first-order valence-electron chi connectivity index (χ1n) is 5.45. The number of nitrogens with zero attached hydrogens (tertiary/aromatic N) is 2. The molecule has 3 heteroatoms. The van der Waals surface area contributed by atoms with Gasteiger partial charge in [-0.05, 0) is 29.5 Å². The van der Waals surface area contributed by atoms with E-state index < -0.39 is 0 Å². The van der Waals surface area contributed by atoms with Crippen molar-refractivity contribution in [2.45, 2.75) is 33.1 Å². The maximum absolute atomic E-state index is 4.15. The van der Waals surface area contributed by atoms with Gasteiger partial charge in [-0.25, -0.2) is 4.98 Å². The number of hydrogen-bond acceptors (Lipinski definition) is 2. The van der Waals surface area contributed by atoms with Gasteiger partial charge >= 0.3 is 0 Å². The van der Waals surface area contributed by atoms with Crippen molar-refractivity contribution in [3.63, 3.8) is 0 Å². The van der Waals surface area contributed by atoms with Gasteiger partial charge in [-0.15, -0.1) is 0 Å². The van der Waals surface area contributed by atoms with Crippen molar-refractivity contribution in [2.75, 3.05) is 0 Å². The standard InChI is InChI=1S/C13H17N3/c1-9-7-10(12-14-8-15-16-12)5-6-11(9)13(2,3)4/h5-8H,1-4H3,(H,14,15,16). The molecule has 0 bridgehead atoms. The molecule has 1 aromatic carbocycles. The molecule has 2 rings (SSSR count). The number of H-pyrrole nitrogens is 1.